The fourth-order valence-corrected chi connectivity index (χ4v) is 4.94. The van der Waals surface area contributed by atoms with E-state index < -0.39 is 0 Å². The molecule has 2 N–H and O–H groups in total. The van der Waals surface area contributed by atoms with E-state index in [1.165, 1.54) is 5.56 Å². The predicted octanol–water partition coefficient (Wildman–Crippen LogP) is 6.19. The van der Waals surface area contributed by atoms with E-state index in [2.05, 4.69) is 63.3 Å². The summed E-state index contributed by atoms with van der Waals surface area (Å²) in [6.07, 6.45) is 0.304. The molecule has 0 bridgehead atoms. The predicted molar refractivity (Wildman–Crippen MR) is 132 cm³/mol. The van der Waals surface area contributed by atoms with Gasteiger partial charge in [-0.05, 0) is 53.1 Å². The van der Waals surface area contributed by atoms with Crippen LogP contribution in [0.5, 0.6) is 0 Å². The molecule has 1 heterocycles. The maximum atomic E-state index is 13.0. The molecule has 0 aliphatic carbocycles. The van der Waals surface area contributed by atoms with Crippen LogP contribution in [0.25, 0.3) is 11.0 Å². The van der Waals surface area contributed by atoms with Crippen molar-refractivity contribution < 1.29 is 4.79 Å². The van der Waals surface area contributed by atoms with Crippen LogP contribution in [-0.2, 0) is 11.2 Å². The first kappa shape index (κ1) is 21.7. The molecule has 158 valence electrons. The number of fused-ring (bicyclic) bond motifs is 1. The maximum Gasteiger partial charge on any atom is 0.225 e. The van der Waals surface area contributed by atoms with Gasteiger partial charge in [0.05, 0.1) is 23.5 Å². The van der Waals surface area contributed by atoms with Gasteiger partial charge in [-0.25, -0.2) is 4.98 Å². The molecule has 4 aromatic rings. The molecular formula is C25H24BrN3OS. The van der Waals surface area contributed by atoms with E-state index in [9.17, 15) is 4.79 Å². The highest BCUT2D eigenvalue weighted by Gasteiger charge is 2.19. The van der Waals surface area contributed by atoms with Gasteiger partial charge in [-0.15, -0.1) is 0 Å². The Bertz CT molecular complexity index is 1210. The van der Waals surface area contributed by atoms with Gasteiger partial charge >= 0.3 is 0 Å². The molecule has 1 aromatic heterocycles. The molecule has 4 nitrogen and oxygen atoms in total. The number of aromatic nitrogens is 2. The highest BCUT2D eigenvalue weighted by molar-refractivity contribution is 9.10. The number of nitrogens with one attached hydrogen (secondary N) is 2. The first-order valence-corrected chi connectivity index (χ1v) is 12.0. The summed E-state index contributed by atoms with van der Waals surface area (Å²) in [5, 5.41) is 4.14. The first-order valence-electron chi connectivity index (χ1n) is 10.3. The molecule has 1 amide bonds. The second-order valence-electron chi connectivity index (χ2n) is 7.44. The highest BCUT2D eigenvalue weighted by atomic mass is 79.9. The van der Waals surface area contributed by atoms with Crippen LogP contribution in [0.2, 0.25) is 0 Å². The summed E-state index contributed by atoms with van der Waals surface area (Å²) in [4.78, 5) is 20.9. The normalized spacial score (nSPS) is 12.1. The summed E-state index contributed by atoms with van der Waals surface area (Å²) in [5.74, 6) is 0.938. The van der Waals surface area contributed by atoms with Crippen LogP contribution in [0, 0.1) is 6.92 Å². The number of amides is 1. The van der Waals surface area contributed by atoms with Gasteiger partial charge in [0.2, 0.25) is 5.91 Å². The van der Waals surface area contributed by atoms with Crippen LogP contribution in [0.3, 0.4) is 0 Å². The van der Waals surface area contributed by atoms with Gasteiger partial charge in [0.1, 0.15) is 0 Å². The quantitative estimate of drug-likeness (QED) is 0.301. The number of thioether (sulfide) groups is 1. The molecule has 4 rings (SSSR count). The van der Waals surface area contributed by atoms with E-state index in [0.29, 0.717) is 6.42 Å². The van der Waals surface area contributed by atoms with Gasteiger partial charge < -0.3 is 10.3 Å². The van der Waals surface area contributed by atoms with Crippen LogP contribution in [0.1, 0.15) is 35.2 Å². The van der Waals surface area contributed by atoms with Gasteiger partial charge in [-0.3, -0.25) is 4.79 Å². The molecule has 1 unspecified atom stereocenters. The van der Waals surface area contributed by atoms with Crippen LogP contribution in [0.4, 0.5) is 0 Å². The number of aryl methyl sites for hydroxylation is 1. The minimum Gasteiger partial charge on any atom is -0.345 e. The molecule has 31 heavy (non-hydrogen) atoms. The van der Waals surface area contributed by atoms with Crippen LogP contribution in [0.15, 0.2) is 76.4 Å². The molecule has 1 atom stereocenters. The number of carbonyl (C=O) groups excluding carboxylic acids is 1. The zero-order valence-electron chi connectivity index (χ0n) is 17.5. The Labute approximate surface area is 195 Å². The number of hydrogen-bond donors (Lipinski definition) is 2. The number of imidazole rings is 1. The number of rotatable bonds is 7. The van der Waals surface area contributed by atoms with E-state index in [-0.39, 0.29) is 11.9 Å². The largest absolute Gasteiger partial charge is 0.345 e. The molecule has 0 radical (unpaired) electrons. The summed E-state index contributed by atoms with van der Waals surface area (Å²) < 4.78 is 0.987. The average Bonchev–Trinajstić information content (AvgIpc) is 3.15. The van der Waals surface area contributed by atoms with Gasteiger partial charge in [0.15, 0.2) is 5.16 Å². The molecule has 6 heteroatoms. The van der Waals surface area contributed by atoms with Crippen molar-refractivity contribution in [2.24, 2.45) is 0 Å². The van der Waals surface area contributed by atoms with E-state index in [1.807, 2.05) is 48.5 Å². The van der Waals surface area contributed by atoms with Crippen molar-refractivity contribution in [2.45, 2.75) is 31.5 Å². The Kier molecular flexibility index (Phi) is 6.78. The Morgan fingerprint density at radius 1 is 1.13 bits per heavy atom. The second-order valence-corrected chi connectivity index (χ2v) is 9.55. The second kappa shape index (κ2) is 9.71. The zero-order valence-corrected chi connectivity index (χ0v) is 19.9. The minimum atomic E-state index is -0.230. The lowest BCUT2D eigenvalue weighted by atomic mass is 9.97. The summed E-state index contributed by atoms with van der Waals surface area (Å²) in [6, 6.07) is 22.0. The summed E-state index contributed by atoms with van der Waals surface area (Å²) in [7, 11) is 0. The van der Waals surface area contributed by atoms with Gasteiger partial charge in [-0.1, -0.05) is 83.1 Å². The number of H-pyrrole nitrogens is 1. The smallest absolute Gasteiger partial charge is 0.225 e. The number of hydrogen-bond acceptors (Lipinski definition) is 3. The Hall–Kier alpha value is -2.57. The van der Waals surface area contributed by atoms with Crippen LogP contribution >= 0.6 is 27.7 Å². The van der Waals surface area contributed by atoms with Crippen molar-refractivity contribution in [2.75, 3.05) is 5.75 Å². The number of aromatic amines is 1. The fourth-order valence-electron chi connectivity index (χ4n) is 3.60. The number of benzene rings is 3. The molecule has 0 saturated heterocycles. The fraction of sp³-hybridized carbons (Fsp3) is 0.200. The molecule has 0 fully saturated rings. The van der Waals surface area contributed by atoms with E-state index in [0.717, 1.165) is 43.1 Å². The Morgan fingerprint density at radius 3 is 2.68 bits per heavy atom. The highest BCUT2D eigenvalue weighted by Crippen LogP contribution is 2.30. The molecule has 0 aliphatic heterocycles. The zero-order chi connectivity index (χ0) is 21.8. The van der Waals surface area contributed by atoms with Gasteiger partial charge in [0.25, 0.3) is 0 Å². The number of nitrogens with zero attached hydrogens (tertiary/aromatic N) is 1. The SMILES string of the molecule is CCSc1nc2ccc(CC(=O)NC(c3ccccc3)c3ccc(C)cc3Br)cc2[nH]1. The standard InChI is InChI=1S/C25H24BrN3OS/c1-3-31-25-27-21-12-10-17(14-22(21)28-25)15-23(30)29-24(18-7-5-4-6-8-18)19-11-9-16(2)13-20(19)26/h4-14,24H,3,15H2,1-2H3,(H,27,28)(H,29,30). The van der Waals surface area contributed by atoms with E-state index >= 15 is 0 Å². The lowest BCUT2D eigenvalue weighted by Gasteiger charge is -2.21. The van der Waals surface area contributed by atoms with Gasteiger partial charge in [0, 0.05) is 4.47 Å². The molecular weight excluding hydrogens is 470 g/mol. The van der Waals surface area contributed by atoms with E-state index in [4.69, 9.17) is 0 Å². The summed E-state index contributed by atoms with van der Waals surface area (Å²) >= 11 is 5.36. The third-order valence-electron chi connectivity index (χ3n) is 5.08. The number of halogens is 1. The lowest BCUT2D eigenvalue weighted by Crippen LogP contribution is -2.30. The average molecular weight is 494 g/mol. The van der Waals surface area contributed by atoms with Gasteiger partial charge in [-0.2, -0.15) is 0 Å². The third-order valence-corrected chi connectivity index (χ3v) is 6.52. The van der Waals surface area contributed by atoms with Crippen molar-refractivity contribution in [3.8, 4) is 0 Å². The maximum absolute atomic E-state index is 13.0. The third kappa shape index (κ3) is 5.20. The van der Waals surface area contributed by atoms with Crippen LogP contribution < -0.4 is 5.32 Å². The Morgan fingerprint density at radius 2 is 1.94 bits per heavy atom. The lowest BCUT2D eigenvalue weighted by molar-refractivity contribution is -0.120. The summed E-state index contributed by atoms with van der Waals surface area (Å²) in [6.45, 7) is 4.16. The van der Waals surface area contributed by atoms with E-state index in [1.54, 1.807) is 11.8 Å². The van der Waals surface area contributed by atoms with Crippen molar-refractivity contribution in [1.82, 2.24) is 15.3 Å². The van der Waals surface area contributed by atoms with Crippen molar-refractivity contribution in [3.63, 3.8) is 0 Å². The Balaban J connectivity index is 1.57. The van der Waals surface area contributed by atoms with Crippen molar-refractivity contribution >= 4 is 44.6 Å². The molecule has 3 aromatic carbocycles. The van der Waals surface area contributed by atoms with Crippen LogP contribution in [-0.4, -0.2) is 21.6 Å². The number of carbonyl (C=O) groups is 1. The first-order chi connectivity index (χ1) is 15.0. The minimum absolute atomic E-state index is 0.0247. The monoisotopic (exact) mass is 493 g/mol. The molecule has 0 aliphatic rings. The molecule has 0 spiro atoms. The van der Waals surface area contributed by atoms with Crippen molar-refractivity contribution in [1.29, 1.82) is 0 Å². The topological polar surface area (TPSA) is 57.8 Å². The summed E-state index contributed by atoms with van der Waals surface area (Å²) in [5.41, 5.74) is 6.09. The van der Waals surface area contributed by atoms with Crippen molar-refractivity contribution in [3.05, 3.63) is 93.5 Å². The molecule has 0 saturated carbocycles.